The van der Waals surface area contributed by atoms with Crippen molar-refractivity contribution in [3.05, 3.63) is 52.5 Å². The maximum atomic E-state index is 14.6. The summed E-state index contributed by atoms with van der Waals surface area (Å²) in [7, 11) is 3.05. The Morgan fingerprint density at radius 3 is 2.06 bits per heavy atom. The molecule has 54 heavy (non-hydrogen) atoms. The number of carbonyl (C=O) groups excluding carboxylic acids is 4. The molecule has 0 bridgehead atoms. The molecule has 3 heterocycles. The van der Waals surface area contributed by atoms with Gasteiger partial charge in [0, 0.05) is 79.7 Å². The first-order chi connectivity index (χ1) is 25.7. The van der Waals surface area contributed by atoms with Crippen molar-refractivity contribution in [3.8, 4) is 11.5 Å². The predicted octanol–water partition coefficient (Wildman–Crippen LogP) is 5.50. The van der Waals surface area contributed by atoms with Gasteiger partial charge in [-0.15, -0.1) is 0 Å². The van der Waals surface area contributed by atoms with E-state index in [2.05, 4.69) is 0 Å². The zero-order chi connectivity index (χ0) is 39.2. The number of halogens is 1. The van der Waals surface area contributed by atoms with Crippen molar-refractivity contribution < 1.29 is 48.0 Å². The number of hydrogen-bond donors (Lipinski definition) is 1. The molecule has 2 aromatic rings. The van der Waals surface area contributed by atoms with Crippen LogP contribution in [0.5, 0.6) is 11.5 Å². The lowest BCUT2D eigenvalue weighted by atomic mass is 9.90. The van der Waals surface area contributed by atoms with Gasteiger partial charge in [0.2, 0.25) is 11.8 Å². The summed E-state index contributed by atoms with van der Waals surface area (Å²) in [5.74, 6) is -0.718. The fourth-order valence-corrected chi connectivity index (χ4v) is 7.86. The van der Waals surface area contributed by atoms with E-state index in [1.807, 2.05) is 24.8 Å². The Labute approximate surface area is 321 Å². The number of likely N-dealkylation sites (tertiary alicyclic amines) is 2. The third kappa shape index (κ3) is 10.0. The largest absolute Gasteiger partial charge is 0.493 e. The number of para-hydroxylation sites is 1. The molecular formula is C40H52ClN3O10. The number of fused-ring (bicyclic) bond motifs is 1. The van der Waals surface area contributed by atoms with Crippen LogP contribution in [-0.2, 0) is 33.4 Å². The van der Waals surface area contributed by atoms with Gasteiger partial charge >= 0.3 is 11.9 Å². The highest BCUT2D eigenvalue weighted by molar-refractivity contribution is 6.30. The van der Waals surface area contributed by atoms with Gasteiger partial charge in [0.25, 0.3) is 5.91 Å². The number of nitrogens with zero attached hydrogens (tertiary/aromatic N) is 3. The molecule has 0 aliphatic carbocycles. The second-order valence-electron chi connectivity index (χ2n) is 15.3. The third-order valence-electron chi connectivity index (χ3n) is 10.6. The Morgan fingerprint density at radius 1 is 0.870 bits per heavy atom. The molecular weight excluding hydrogens is 718 g/mol. The van der Waals surface area contributed by atoms with Gasteiger partial charge in [-0.05, 0) is 61.8 Å². The Kier molecular flexibility index (Phi) is 13.5. The van der Waals surface area contributed by atoms with Gasteiger partial charge in [-0.25, -0.2) is 0 Å². The Bertz CT molecular complexity index is 1700. The van der Waals surface area contributed by atoms with Crippen molar-refractivity contribution in [1.29, 1.82) is 0 Å². The van der Waals surface area contributed by atoms with Crippen LogP contribution >= 0.6 is 11.6 Å². The van der Waals surface area contributed by atoms with Crippen LogP contribution in [0.25, 0.3) is 0 Å². The van der Waals surface area contributed by atoms with Crippen LogP contribution in [0.4, 0.5) is 5.69 Å². The van der Waals surface area contributed by atoms with Gasteiger partial charge in [0.15, 0.2) is 11.5 Å². The van der Waals surface area contributed by atoms with Crippen LogP contribution in [0.15, 0.2) is 36.4 Å². The molecule has 5 rings (SSSR count). The van der Waals surface area contributed by atoms with Gasteiger partial charge in [-0.2, -0.15) is 0 Å². The number of esters is 1. The molecule has 0 unspecified atom stereocenters. The van der Waals surface area contributed by atoms with Gasteiger partial charge in [-0.1, -0.05) is 37.6 Å². The molecule has 2 atom stereocenters. The third-order valence-corrected chi connectivity index (χ3v) is 10.8. The van der Waals surface area contributed by atoms with Crippen molar-refractivity contribution in [2.75, 3.05) is 58.5 Å². The van der Waals surface area contributed by atoms with E-state index in [1.165, 1.54) is 21.1 Å². The molecule has 13 nitrogen and oxygen atoms in total. The molecule has 0 spiro atoms. The highest BCUT2D eigenvalue weighted by Crippen LogP contribution is 2.46. The minimum atomic E-state index is -1.20. The molecule has 294 valence electrons. The van der Waals surface area contributed by atoms with Gasteiger partial charge in [0.1, 0.15) is 12.2 Å². The molecule has 3 aliphatic heterocycles. The first kappa shape index (κ1) is 40.8. The van der Waals surface area contributed by atoms with Crippen LogP contribution in [-0.4, -0.2) is 104 Å². The minimum absolute atomic E-state index is 0.0626. The molecule has 3 aliphatic rings. The second-order valence-corrected chi connectivity index (χ2v) is 15.8. The summed E-state index contributed by atoms with van der Waals surface area (Å²) in [4.78, 5) is 69.7. The fraction of sp³-hybridized carbons (Fsp3) is 0.575. The summed E-state index contributed by atoms with van der Waals surface area (Å²) >= 11 is 6.57. The van der Waals surface area contributed by atoms with E-state index in [9.17, 15) is 24.0 Å². The maximum Gasteiger partial charge on any atom is 0.303 e. The van der Waals surface area contributed by atoms with Gasteiger partial charge < -0.3 is 38.8 Å². The number of hydrogen-bond acceptors (Lipinski definition) is 9. The molecule has 0 aromatic heterocycles. The number of carbonyl (C=O) groups is 5. The molecule has 2 saturated heterocycles. The Hall–Kier alpha value is -4.36. The van der Waals surface area contributed by atoms with Crippen molar-refractivity contribution in [1.82, 2.24) is 9.80 Å². The average molecular weight is 770 g/mol. The van der Waals surface area contributed by atoms with Crippen molar-refractivity contribution >= 4 is 46.9 Å². The number of amides is 3. The number of ether oxygens (including phenoxy) is 4. The topological polar surface area (TPSA) is 152 Å². The fourth-order valence-electron chi connectivity index (χ4n) is 7.68. The molecule has 3 amide bonds. The zero-order valence-electron chi connectivity index (χ0n) is 31.8. The second kappa shape index (κ2) is 17.9. The quantitative estimate of drug-likeness (QED) is 0.259. The lowest BCUT2D eigenvalue weighted by Crippen LogP contribution is -2.48. The van der Waals surface area contributed by atoms with Crippen LogP contribution in [0.1, 0.15) is 82.9 Å². The lowest BCUT2D eigenvalue weighted by molar-refractivity contribution is -0.145. The standard InChI is InChI=1S/C40H52ClN3O10/c1-25(45)53-24-40(2,3)23-44-31-10-9-28(41)21-30(31)37(29-7-6-8-32(51-4)38(29)52-5)54-33(39(44)50)22-35(47)43-15-11-26(12-16-43)19-34(46)42-17-13-27(14-18-42)20-36(48)49/h6-10,21,26-27,33,37H,11-20,22-24H2,1-5H3,(H,48,49)/t33-,37-/m1/s1. The zero-order valence-corrected chi connectivity index (χ0v) is 32.6. The van der Waals surface area contributed by atoms with E-state index in [4.69, 9.17) is 35.7 Å². The molecule has 1 N–H and O–H groups in total. The van der Waals surface area contributed by atoms with Crippen molar-refractivity contribution in [2.45, 2.75) is 77.9 Å². The van der Waals surface area contributed by atoms with E-state index in [-0.39, 0.29) is 49.6 Å². The lowest BCUT2D eigenvalue weighted by Gasteiger charge is -2.36. The number of carboxylic acids is 1. The molecule has 14 heteroatoms. The number of rotatable bonds is 13. The van der Waals surface area contributed by atoms with E-state index >= 15 is 0 Å². The molecule has 2 fully saturated rings. The van der Waals surface area contributed by atoms with Crippen LogP contribution in [0, 0.1) is 17.3 Å². The van der Waals surface area contributed by atoms with E-state index in [0.717, 1.165) is 0 Å². The van der Waals surface area contributed by atoms with Crippen LogP contribution in [0.3, 0.4) is 0 Å². The minimum Gasteiger partial charge on any atom is -0.493 e. The average Bonchev–Trinajstić information content (AvgIpc) is 3.24. The van der Waals surface area contributed by atoms with Crippen molar-refractivity contribution in [3.63, 3.8) is 0 Å². The molecule has 2 aromatic carbocycles. The summed E-state index contributed by atoms with van der Waals surface area (Å²) in [5.41, 5.74) is 1.05. The Balaban J connectivity index is 1.35. The molecule has 0 radical (unpaired) electrons. The predicted molar refractivity (Wildman–Crippen MR) is 201 cm³/mol. The van der Waals surface area contributed by atoms with Crippen molar-refractivity contribution in [2.24, 2.45) is 17.3 Å². The summed E-state index contributed by atoms with van der Waals surface area (Å²) in [6.45, 7) is 7.36. The van der Waals surface area contributed by atoms with E-state index in [0.29, 0.717) is 91.6 Å². The summed E-state index contributed by atoms with van der Waals surface area (Å²) in [6.07, 6.45) is 0.908. The number of piperidine rings is 2. The van der Waals surface area contributed by atoms with Crippen LogP contribution < -0.4 is 14.4 Å². The smallest absolute Gasteiger partial charge is 0.303 e. The number of methoxy groups -OCH3 is 2. The van der Waals surface area contributed by atoms with Crippen LogP contribution in [0.2, 0.25) is 5.02 Å². The number of aliphatic carboxylic acids is 1. The van der Waals surface area contributed by atoms with E-state index in [1.54, 1.807) is 40.1 Å². The van der Waals surface area contributed by atoms with Gasteiger partial charge in [0.05, 0.1) is 27.2 Å². The monoisotopic (exact) mass is 769 g/mol. The van der Waals surface area contributed by atoms with Gasteiger partial charge in [-0.3, -0.25) is 24.0 Å². The summed E-state index contributed by atoms with van der Waals surface area (Å²) < 4.78 is 23.4. The Morgan fingerprint density at radius 2 is 1.48 bits per heavy atom. The highest BCUT2D eigenvalue weighted by Gasteiger charge is 2.42. The highest BCUT2D eigenvalue weighted by atomic mass is 35.5. The number of anilines is 1. The normalized spacial score (nSPS) is 19.9. The summed E-state index contributed by atoms with van der Waals surface area (Å²) in [5, 5.41) is 9.53. The summed E-state index contributed by atoms with van der Waals surface area (Å²) in [6, 6.07) is 10.6. The number of carboxylic acid groups (broad SMARTS) is 1. The van der Waals surface area contributed by atoms with E-state index < -0.39 is 35.5 Å². The maximum absolute atomic E-state index is 14.6. The SMILES string of the molecule is COc1cccc([C@H]2O[C@H](CC(=O)N3CCC(CC(=O)N4CCC(CC(=O)O)CC4)CC3)C(=O)N(CC(C)(C)COC(C)=O)c3ccc(Cl)cc32)c1OC. The number of benzene rings is 2. The molecule has 0 saturated carbocycles. The first-order valence-electron chi connectivity index (χ1n) is 18.6. The first-order valence-corrected chi connectivity index (χ1v) is 18.9.